The summed E-state index contributed by atoms with van der Waals surface area (Å²) in [5, 5.41) is 7.01. The molecule has 0 amide bonds. The van der Waals surface area contributed by atoms with Gasteiger partial charge in [-0.3, -0.25) is 0 Å². The summed E-state index contributed by atoms with van der Waals surface area (Å²) in [6, 6.07) is 9.17. The second-order valence-corrected chi connectivity index (χ2v) is 3.89. The van der Waals surface area contributed by atoms with Gasteiger partial charge in [-0.2, -0.15) is 0 Å². The summed E-state index contributed by atoms with van der Waals surface area (Å²) in [5.74, 6) is 0. The quantitative estimate of drug-likeness (QED) is 0.762. The number of benzene rings is 1. The fraction of sp³-hybridized carbons (Fsp3) is 0.500. The lowest BCUT2D eigenvalue weighted by Gasteiger charge is -2.26. The Morgan fingerprint density at radius 2 is 2.29 bits per heavy atom. The van der Waals surface area contributed by atoms with E-state index >= 15 is 0 Å². The first-order valence-electron chi connectivity index (χ1n) is 5.45. The van der Waals surface area contributed by atoms with Crippen molar-refractivity contribution in [2.75, 3.05) is 18.4 Å². The fourth-order valence-corrected chi connectivity index (χ4v) is 1.93. The van der Waals surface area contributed by atoms with Gasteiger partial charge in [-0.1, -0.05) is 25.1 Å². The Kier molecular flexibility index (Phi) is 3.04. The van der Waals surface area contributed by atoms with Crippen LogP contribution in [0.4, 0.5) is 5.69 Å². The zero-order valence-corrected chi connectivity index (χ0v) is 8.72. The van der Waals surface area contributed by atoms with Crippen LogP contribution in [0.15, 0.2) is 24.3 Å². The van der Waals surface area contributed by atoms with E-state index in [9.17, 15) is 0 Å². The van der Waals surface area contributed by atoms with Gasteiger partial charge in [-0.25, -0.2) is 0 Å². The molecule has 1 atom stereocenters. The Morgan fingerprint density at radius 1 is 1.43 bits per heavy atom. The molecule has 0 saturated heterocycles. The summed E-state index contributed by atoms with van der Waals surface area (Å²) in [5.41, 5.74) is 2.74. The first-order valence-corrected chi connectivity index (χ1v) is 5.45. The highest BCUT2D eigenvalue weighted by Gasteiger charge is 2.16. The first-order chi connectivity index (χ1) is 6.90. The molecule has 0 aromatic heterocycles. The third kappa shape index (κ3) is 2.07. The van der Waals surface area contributed by atoms with Crippen molar-refractivity contribution in [2.24, 2.45) is 0 Å². The van der Waals surface area contributed by atoms with Gasteiger partial charge in [0, 0.05) is 18.3 Å². The molecule has 76 valence electrons. The van der Waals surface area contributed by atoms with Gasteiger partial charge in [0.2, 0.25) is 0 Å². The molecule has 2 N–H and O–H groups in total. The molecule has 0 saturated carbocycles. The van der Waals surface area contributed by atoms with Gasteiger partial charge >= 0.3 is 0 Å². The molecular weight excluding hydrogens is 172 g/mol. The monoisotopic (exact) mass is 190 g/mol. The molecule has 0 spiro atoms. The first kappa shape index (κ1) is 9.53. The van der Waals surface area contributed by atoms with Crippen LogP contribution in [-0.2, 0) is 6.42 Å². The van der Waals surface area contributed by atoms with Crippen molar-refractivity contribution >= 4 is 5.69 Å². The van der Waals surface area contributed by atoms with Crippen molar-refractivity contribution in [3.63, 3.8) is 0 Å². The van der Waals surface area contributed by atoms with Gasteiger partial charge in [0.25, 0.3) is 0 Å². The molecule has 1 aromatic rings. The van der Waals surface area contributed by atoms with Crippen LogP contribution in [0, 0.1) is 0 Å². The van der Waals surface area contributed by atoms with Crippen molar-refractivity contribution in [1.82, 2.24) is 5.32 Å². The van der Waals surface area contributed by atoms with Crippen molar-refractivity contribution in [3.05, 3.63) is 29.8 Å². The van der Waals surface area contributed by atoms with Gasteiger partial charge in [-0.15, -0.1) is 0 Å². The molecule has 0 aliphatic carbocycles. The molecule has 2 nitrogen and oxygen atoms in total. The van der Waals surface area contributed by atoms with E-state index in [4.69, 9.17) is 0 Å². The third-order valence-electron chi connectivity index (χ3n) is 2.71. The van der Waals surface area contributed by atoms with Crippen LogP contribution >= 0.6 is 0 Å². The van der Waals surface area contributed by atoms with Gasteiger partial charge in [0.15, 0.2) is 0 Å². The molecule has 0 bridgehead atoms. The summed E-state index contributed by atoms with van der Waals surface area (Å²) in [4.78, 5) is 0. The molecule has 14 heavy (non-hydrogen) atoms. The van der Waals surface area contributed by atoms with E-state index in [1.165, 1.54) is 17.7 Å². The van der Waals surface area contributed by atoms with E-state index in [1.807, 2.05) is 0 Å². The summed E-state index contributed by atoms with van der Waals surface area (Å²) >= 11 is 0. The third-order valence-corrected chi connectivity index (χ3v) is 2.71. The maximum atomic E-state index is 3.55. The molecule has 1 aliphatic rings. The fourth-order valence-electron chi connectivity index (χ4n) is 1.93. The van der Waals surface area contributed by atoms with E-state index in [1.54, 1.807) is 0 Å². The number of fused-ring (bicyclic) bond motifs is 1. The number of hydrogen-bond acceptors (Lipinski definition) is 2. The zero-order valence-electron chi connectivity index (χ0n) is 8.72. The number of hydrogen-bond donors (Lipinski definition) is 2. The minimum absolute atomic E-state index is 0.602. The highest BCUT2D eigenvalue weighted by molar-refractivity contribution is 5.53. The van der Waals surface area contributed by atoms with Crippen molar-refractivity contribution < 1.29 is 0 Å². The average Bonchev–Trinajstić information content (AvgIpc) is 2.26. The Morgan fingerprint density at radius 3 is 3.14 bits per heavy atom. The van der Waals surface area contributed by atoms with E-state index in [-0.39, 0.29) is 0 Å². The summed E-state index contributed by atoms with van der Waals surface area (Å²) in [6.07, 6.45) is 2.36. The molecule has 1 aromatic carbocycles. The van der Waals surface area contributed by atoms with Gasteiger partial charge in [0.1, 0.15) is 0 Å². The van der Waals surface area contributed by atoms with Gasteiger partial charge < -0.3 is 10.6 Å². The lowest BCUT2D eigenvalue weighted by atomic mass is 10.00. The SMILES string of the molecule is CCCNC1CNc2ccccc2C1. The zero-order chi connectivity index (χ0) is 9.80. The minimum Gasteiger partial charge on any atom is -0.383 e. The predicted molar refractivity (Wildman–Crippen MR) is 60.7 cm³/mol. The van der Waals surface area contributed by atoms with E-state index in [0.717, 1.165) is 19.5 Å². The van der Waals surface area contributed by atoms with E-state index in [2.05, 4.69) is 41.8 Å². The standard InChI is InChI=1S/C12H18N2/c1-2-7-13-11-8-10-5-3-4-6-12(10)14-9-11/h3-6,11,13-14H,2,7-9H2,1H3. The Hall–Kier alpha value is -1.02. The molecular formula is C12H18N2. The highest BCUT2D eigenvalue weighted by Crippen LogP contribution is 2.20. The number of para-hydroxylation sites is 1. The smallest absolute Gasteiger partial charge is 0.0373 e. The van der Waals surface area contributed by atoms with Crippen LogP contribution in [0.5, 0.6) is 0 Å². The second-order valence-electron chi connectivity index (χ2n) is 3.89. The number of nitrogens with one attached hydrogen (secondary N) is 2. The van der Waals surface area contributed by atoms with Crippen molar-refractivity contribution in [1.29, 1.82) is 0 Å². The molecule has 0 fully saturated rings. The van der Waals surface area contributed by atoms with Crippen LogP contribution in [0.2, 0.25) is 0 Å². The summed E-state index contributed by atoms with van der Waals surface area (Å²) in [7, 11) is 0. The second kappa shape index (κ2) is 4.47. The van der Waals surface area contributed by atoms with Crippen molar-refractivity contribution in [2.45, 2.75) is 25.8 Å². The van der Waals surface area contributed by atoms with Crippen LogP contribution in [0.3, 0.4) is 0 Å². The highest BCUT2D eigenvalue weighted by atomic mass is 15.0. The lowest BCUT2D eigenvalue weighted by Crippen LogP contribution is -2.40. The Labute approximate surface area is 85.7 Å². The number of rotatable bonds is 3. The van der Waals surface area contributed by atoms with Crippen LogP contribution in [-0.4, -0.2) is 19.1 Å². The maximum Gasteiger partial charge on any atom is 0.0373 e. The Balaban J connectivity index is 1.99. The van der Waals surface area contributed by atoms with Crippen LogP contribution in [0.25, 0.3) is 0 Å². The summed E-state index contributed by atoms with van der Waals surface area (Å²) in [6.45, 7) is 4.38. The Bertz CT molecular complexity index is 296. The normalized spacial score (nSPS) is 19.9. The van der Waals surface area contributed by atoms with Crippen LogP contribution < -0.4 is 10.6 Å². The van der Waals surface area contributed by atoms with Gasteiger partial charge in [-0.05, 0) is 31.0 Å². The predicted octanol–water partition coefficient (Wildman–Crippen LogP) is 2.02. The molecule has 0 radical (unpaired) electrons. The minimum atomic E-state index is 0.602. The van der Waals surface area contributed by atoms with E-state index in [0.29, 0.717) is 6.04 Å². The lowest BCUT2D eigenvalue weighted by molar-refractivity contribution is 0.517. The molecule has 1 aliphatic heterocycles. The summed E-state index contributed by atoms with van der Waals surface area (Å²) < 4.78 is 0. The molecule has 1 heterocycles. The van der Waals surface area contributed by atoms with Gasteiger partial charge in [0.05, 0.1) is 0 Å². The molecule has 1 unspecified atom stereocenters. The molecule has 2 heteroatoms. The van der Waals surface area contributed by atoms with E-state index < -0.39 is 0 Å². The molecule has 2 rings (SSSR count). The maximum absolute atomic E-state index is 3.55. The number of anilines is 1. The topological polar surface area (TPSA) is 24.1 Å². The largest absolute Gasteiger partial charge is 0.383 e. The van der Waals surface area contributed by atoms with Crippen LogP contribution in [0.1, 0.15) is 18.9 Å². The average molecular weight is 190 g/mol. The van der Waals surface area contributed by atoms with Crippen molar-refractivity contribution in [3.8, 4) is 0 Å².